The van der Waals surface area contributed by atoms with Gasteiger partial charge in [-0.3, -0.25) is 9.59 Å². The second kappa shape index (κ2) is 7.73. The molecule has 0 saturated carbocycles. The highest BCUT2D eigenvalue weighted by Crippen LogP contribution is 2.16. The zero-order chi connectivity index (χ0) is 17.7. The van der Waals surface area contributed by atoms with Gasteiger partial charge in [-0.05, 0) is 23.6 Å². The van der Waals surface area contributed by atoms with Crippen LogP contribution in [0.1, 0.15) is 29.0 Å². The van der Waals surface area contributed by atoms with Crippen molar-refractivity contribution in [3.05, 3.63) is 41.0 Å². The van der Waals surface area contributed by atoms with Crippen molar-refractivity contribution in [3.8, 4) is 0 Å². The first kappa shape index (κ1) is 18.4. The van der Waals surface area contributed by atoms with E-state index in [1.165, 1.54) is 6.07 Å². The number of carboxylic acid groups (broad SMARTS) is 1. The van der Waals surface area contributed by atoms with Gasteiger partial charge in [0.1, 0.15) is 4.21 Å². The molecule has 2 rings (SSSR count). The SMILES string of the molecule is Cn1c(CCNS(=O)(=O)c2cccs2)ccc1C(=O)CCC(=O)O. The molecule has 2 N–H and O–H groups in total. The lowest BCUT2D eigenvalue weighted by atomic mass is 10.2. The van der Waals surface area contributed by atoms with Crippen molar-refractivity contribution in [2.75, 3.05) is 6.54 Å². The molecular weight excluding hydrogens is 352 g/mol. The normalized spacial score (nSPS) is 11.5. The first-order valence-corrected chi connectivity index (χ1v) is 9.60. The molecule has 0 spiro atoms. The van der Waals surface area contributed by atoms with E-state index in [2.05, 4.69) is 4.72 Å². The number of carbonyl (C=O) groups is 2. The Labute approximate surface area is 144 Å². The number of hydrogen-bond acceptors (Lipinski definition) is 5. The highest BCUT2D eigenvalue weighted by atomic mass is 32.2. The molecule has 0 aliphatic carbocycles. The largest absolute Gasteiger partial charge is 0.481 e. The van der Waals surface area contributed by atoms with Crippen molar-refractivity contribution in [2.24, 2.45) is 7.05 Å². The molecule has 0 saturated heterocycles. The summed E-state index contributed by atoms with van der Waals surface area (Å²) in [5.41, 5.74) is 1.22. The van der Waals surface area contributed by atoms with Gasteiger partial charge in [-0.2, -0.15) is 0 Å². The summed E-state index contributed by atoms with van der Waals surface area (Å²) >= 11 is 1.15. The summed E-state index contributed by atoms with van der Waals surface area (Å²) in [7, 11) is -1.80. The molecule has 130 valence electrons. The molecule has 0 unspecified atom stereocenters. The quantitative estimate of drug-likeness (QED) is 0.653. The Morgan fingerprint density at radius 1 is 1.25 bits per heavy atom. The molecule has 0 aliphatic heterocycles. The van der Waals surface area contributed by atoms with Crippen LogP contribution in [0.3, 0.4) is 0 Å². The van der Waals surface area contributed by atoms with Crippen LogP contribution in [0.15, 0.2) is 33.9 Å². The van der Waals surface area contributed by atoms with Gasteiger partial charge < -0.3 is 9.67 Å². The van der Waals surface area contributed by atoms with E-state index in [0.29, 0.717) is 12.1 Å². The fourth-order valence-corrected chi connectivity index (χ4v) is 4.30. The van der Waals surface area contributed by atoms with Crippen LogP contribution in [-0.4, -0.2) is 36.4 Å². The minimum absolute atomic E-state index is 0.0579. The molecule has 9 heteroatoms. The van der Waals surface area contributed by atoms with E-state index >= 15 is 0 Å². The average molecular weight is 370 g/mol. The fourth-order valence-electron chi connectivity index (χ4n) is 2.23. The standard InChI is InChI=1S/C15H18N2O5S2/c1-17-11(4-5-12(17)13(18)6-7-14(19)20)8-9-16-24(21,22)15-3-2-10-23-15/h2-5,10,16H,6-9H2,1H3,(H,19,20). The maximum Gasteiger partial charge on any atom is 0.303 e. The second-order valence-corrected chi connectivity index (χ2v) is 8.11. The van der Waals surface area contributed by atoms with Gasteiger partial charge in [0.25, 0.3) is 0 Å². The Kier molecular flexibility index (Phi) is 5.92. The highest BCUT2D eigenvalue weighted by molar-refractivity contribution is 7.91. The van der Waals surface area contributed by atoms with E-state index in [-0.39, 0.29) is 29.4 Å². The molecule has 0 bridgehead atoms. The lowest BCUT2D eigenvalue weighted by Gasteiger charge is -2.08. The monoisotopic (exact) mass is 370 g/mol. The third kappa shape index (κ3) is 4.53. The average Bonchev–Trinajstić information content (AvgIpc) is 3.16. The summed E-state index contributed by atoms with van der Waals surface area (Å²) in [6.45, 7) is 0.209. The molecule has 0 aromatic carbocycles. The van der Waals surface area contributed by atoms with E-state index in [9.17, 15) is 18.0 Å². The summed E-state index contributed by atoms with van der Waals surface area (Å²) in [4.78, 5) is 22.5. The number of rotatable bonds is 9. The molecule has 0 amide bonds. The summed E-state index contributed by atoms with van der Waals surface area (Å²) < 4.78 is 28.5. The number of ketones is 1. The minimum Gasteiger partial charge on any atom is -0.481 e. The molecule has 0 fully saturated rings. The van der Waals surface area contributed by atoms with Gasteiger partial charge in [-0.25, -0.2) is 13.1 Å². The van der Waals surface area contributed by atoms with Crippen molar-refractivity contribution >= 4 is 33.1 Å². The van der Waals surface area contributed by atoms with Gasteiger partial charge in [0.05, 0.1) is 12.1 Å². The Bertz CT molecular complexity index is 822. The highest BCUT2D eigenvalue weighted by Gasteiger charge is 2.16. The van der Waals surface area contributed by atoms with E-state index in [4.69, 9.17) is 5.11 Å². The maximum absolute atomic E-state index is 12.0. The number of carbonyl (C=O) groups excluding carboxylic acids is 1. The third-order valence-electron chi connectivity index (χ3n) is 3.51. The Balaban J connectivity index is 1.95. The van der Waals surface area contributed by atoms with Crippen LogP contribution in [0.5, 0.6) is 0 Å². The Morgan fingerprint density at radius 2 is 2.00 bits per heavy atom. The van der Waals surface area contributed by atoms with Crippen molar-refractivity contribution in [3.63, 3.8) is 0 Å². The van der Waals surface area contributed by atoms with Crippen molar-refractivity contribution in [2.45, 2.75) is 23.5 Å². The summed E-state index contributed by atoms with van der Waals surface area (Å²) in [5, 5.41) is 10.3. The lowest BCUT2D eigenvalue weighted by Crippen LogP contribution is -2.25. The number of aromatic nitrogens is 1. The van der Waals surface area contributed by atoms with Crippen LogP contribution in [0.2, 0.25) is 0 Å². The van der Waals surface area contributed by atoms with Crippen LogP contribution < -0.4 is 4.72 Å². The molecular formula is C15H18N2O5S2. The lowest BCUT2D eigenvalue weighted by molar-refractivity contribution is -0.136. The van der Waals surface area contributed by atoms with Crippen LogP contribution in [0, 0.1) is 0 Å². The zero-order valence-electron chi connectivity index (χ0n) is 13.1. The van der Waals surface area contributed by atoms with Crippen LogP contribution in [-0.2, 0) is 28.3 Å². The van der Waals surface area contributed by atoms with Crippen LogP contribution in [0.25, 0.3) is 0 Å². The smallest absolute Gasteiger partial charge is 0.303 e. The Morgan fingerprint density at radius 3 is 2.62 bits per heavy atom. The Hall–Kier alpha value is -1.97. The molecule has 24 heavy (non-hydrogen) atoms. The predicted molar refractivity (Wildman–Crippen MR) is 89.8 cm³/mol. The second-order valence-electron chi connectivity index (χ2n) is 5.17. The van der Waals surface area contributed by atoms with E-state index in [1.807, 2.05) is 0 Å². The first-order valence-electron chi connectivity index (χ1n) is 7.24. The predicted octanol–water partition coefficient (Wildman–Crippen LogP) is 1.66. The molecule has 2 heterocycles. The zero-order valence-corrected chi connectivity index (χ0v) is 14.7. The van der Waals surface area contributed by atoms with E-state index in [1.54, 1.807) is 35.2 Å². The molecule has 0 atom stereocenters. The van der Waals surface area contributed by atoms with E-state index < -0.39 is 16.0 Å². The van der Waals surface area contributed by atoms with Gasteiger partial charge in [0.2, 0.25) is 10.0 Å². The van der Waals surface area contributed by atoms with Crippen molar-refractivity contribution in [1.29, 1.82) is 0 Å². The van der Waals surface area contributed by atoms with Crippen LogP contribution in [0.4, 0.5) is 0 Å². The summed E-state index contributed by atoms with van der Waals surface area (Å²) in [6, 6.07) is 6.58. The molecule has 0 radical (unpaired) electrons. The molecule has 0 aliphatic rings. The van der Waals surface area contributed by atoms with Crippen LogP contribution >= 0.6 is 11.3 Å². The van der Waals surface area contributed by atoms with Crippen molar-refractivity contribution < 1.29 is 23.1 Å². The number of carboxylic acids is 1. The number of sulfonamides is 1. The van der Waals surface area contributed by atoms with Gasteiger partial charge in [-0.15, -0.1) is 11.3 Å². The number of Topliss-reactive ketones (excluding diaryl/α,β-unsaturated/α-hetero) is 1. The van der Waals surface area contributed by atoms with Gasteiger partial charge in [-0.1, -0.05) is 6.07 Å². The first-order chi connectivity index (χ1) is 11.3. The molecule has 2 aromatic heterocycles. The minimum atomic E-state index is -3.50. The van der Waals surface area contributed by atoms with Crippen molar-refractivity contribution in [1.82, 2.24) is 9.29 Å². The topological polar surface area (TPSA) is 105 Å². The number of hydrogen-bond donors (Lipinski definition) is 2. The molecule has 7 nitrogen and oxygen atoms in total. The number of aliphatic carboxylic acids is 1. The third-order valence-corrected chi connectivity index (χ3v) is 6.37. The molecule has 2 aromatic rings. The number of thiophene rings is 1. The summed E-state index contributed by atoms with van der Waals surface area (Å²) in [5.74, 6) is -1.26. The fraction of sp³-hybridized carbons (Fsp3) is 0.333. The summed E-state index contributed by atoms with van der Waals surface area (Å²) in [6.07, 6.45) is 0.158. The van der Waals surface area contributed by atoms with E-state index in [0.717, 1.165) is 17.0 Å². The number of nitrogens with one attached hydrogen (secondary N) is 1. The van der Waals surface area contributed by atoms with Gasteiger partial charge >= 0.3 is 5.97 Å². The van der Waals surface area contributed by atoms with Gasteiger partial charge in [0.15, 0.2) is 5.78 Å². The number of nitrogens with zero attached hydrogens (tertiary/aromatic N) is 1. The maximum atomic E-state index is 12.0. The van der Waals surface area contributed by atoms with Gasteiger partial charge in [0, 0.05) is 32.1 Å².